The third-order valence-electron chi connectivity index (χ3n) is 3.74. The number of rotatable bonds is 8. The summed E-state index contributed by atoms with van der Waals surface area (Å²) >= 11 is 0. The van der Waals surface area contributed by atoms with Crippen LogP contribution in [0.25, 0.3) is 0 Å². The lowest BCUT2D eigenvalue weighted by atomic mass is 9.91. The second kappa shape index (κ2) is 9.81. The minimum atomic E-state index is -0.535. The first kappa shape index (κ1) is 20.7. The van der Waals surface area contributed by atoms with Crippen molar-refractivity contribution in [1.82, 2.24) is 10.6 Å². The van der Waals surface area contributed by atoms with Gasteiger partial charge in [0.25, 0.3) is 5.91 Å². The number of nitrogens with one attached hydrogen (secondary N) is 2. The Balaban J connectivity index is 2.68. The van der Waals surface area contributed by atoms with Crippen molar-refractivity contribution in [3.63, 3.8) is 0 Å². The Kier molecular flexibility index (Phi) is 8.11. The van der Waals surface area contributed by atoms with Crippen molar-refractivity contribution < 1.29 is 19.1 Å². The molecule has 0 atom stereocenters. The van der Waals surface area contributed by atoms with E-state index in [9.17, 15) is 14.4 Å². The second-order valence-corrected chi connectivity index (χ2v) is 6.46. The van der Waals surface area contributed by atoms with Gasteiger partial charge in [-0.3, -0.25) is 9.59 Å². The highest BCUT2D eigenvalue weighted by Crippen LogP contribution is 2.25. The molecule has 0 saturated carbocycles. The van der Waals surface area contributed by atoms with Gasteiger partial charge in [-0.15, -0.1) is 0 Å². The van der Waals surface area contributed by atoms with Crippen molar-refractivity contribution in [1.29, 1.82) is 0 Å². The molecule has 0 heterocycles. The van der Waals surface area contributed by atoms with E-state index in [0.29, 0.717) is 18.0 Å². The minimum absolute atomic E-state index is 0.134. The van der Waals surface area contributed by atoms with E-state index in [2.05, 4.69) is 24.5 Å². The predicted molar refractivity (Wildman–Crippen MR) is 96.6 cm³/mol. The summed E-state index contributed by atoms with van der Waals surface area (Å²) in [5.74, 6) is -0.805. The molecule has 0 saturated heterocycles. The summed E-state index contributed by atoms with van der Waals surface area (Å²) in [6.45, 7) is 9.94. The van der Waals surface area contributed by atoms with Crippen molar-refractivity contribution in [2.24, 2.45) is 0 Å². The van der Waals surface area contributed by atoms with Crippen LogP contribution in [0.5, 0.6) is 0 Å². The van der Waals surface area contributed by atoms with E-state index in [1.807, 2.05) is 26.0 Å². The Morgan fingerprint density at radius 3 is 2.24 bits per heavy atom. The number of likely N-dealkylation sites (N-methyl/N-ethyl adjacent to an activating group) is 1. The van der Waals surface area contributed by atoms with Gasteiger partial charge >= 0.3 is 5.97 Å². The van der Waals surface area contributed by atoms with E-state index in [1.165, 1.54) is 0 Å². The molecule has 0 unspecified atom stereocenters. The van der Waals surface area contributed by atoms with Gasteiger partial charge in [0.05, 0.1) is 12.1 Å². The Morgan fingerprint density at radius 2 is 1.68 bits per heavy atom. The van der Waals surface area contributed by atoms with Crippen LogP contribution in [0, 0.1) is 0 Å². The summed E-state index contributed by atoms with van der Waals surface area (Å²) in [5.41, 5.74) is 2.52. The molecule has 1 aromatic carbocycles. The fourth-order valence-corrected chi connectivity index (χ4v) is 2.30. The van der Waals surface area contributed by atoms with Crippen molar-refractivity contribution in [3.05, 3.63) is 34.9 Å². The van der Waals surface area contributed by atoms with Gasteiger partial charge in [-0.2, -0.15) is 0 Å². The number of esters is 1. The van der Waals surface area contributed by atoms with Gasteiger partial charge in [0.15, 0.2) is 6.61 Å². The van der Waals surface area contributed by atoms with Crippen LogP contribution >= 0.6 is 0 Å². The average molecular weight is 348 g/mol. The number of carbonyl (C=O) groups is 3. The summed E-state index contributed by atoms with van der Waals surface area (Å²) in [6.07, 6.45) is 0. The van der Waals surface area contributed by atoms with E-state index in [4.69, 9.17) is 4.74 Å². The zero-order chi connectivity index (χ0) is 19.0. The number of benzene rings is 1. The Morgan fingerprint density at radius 1 is 1.00 bits per heavy atom. The van der Waals surface area contributed by atoms with Crippen LogP contribution in [0.1, 0.15) is 67.9 Å². The first-order chi connectivity index (χ1) is 11.8. The van der Waals surface area contributed by atoms with Crippen LogP contribution in [-0.4, -0.2) is 37.5 Å². The Hall–Kier alpha value is -2.37. The molecule has 6 heteroatoms. The first-order valence-electron chi connectivity index (χ1n) is 8.60. The fourth-order valence-electron chi connectivity index (χ4n) is 2.30. The highest BCUT2D eigenvalue weighted by Gasteiger charge is 2.18. The maximum absolute atomic E-state index is 12.3. The van der Waals surface area contributed by atoms with Crippen molar-refractivity contribution in [3.8, 4) is 0 Å². The fraction of sp³-hybridized carbons (Fsp3) is 0.526. The smallest absolute Gasteiger partial charge is 0.338 e. The van der Waals surface area contributed by atoms with E-state index < -0.39 is 18.5 Å². The van der Waals surface area contributed by atoms with Gasteiger partial charge < -0.3 is 15.4 Å². The predicted octanol–water partition coefficient (Wildman–Crippen LogP) is 2.34. The molecule has 1 rings (SSSR count). The van der Waals surface area contributed by atoms with E-state index in [-0.39, 0.29) is 18.4 Å². The minimum Gasteiger partial charge on any atom is -0.452 e. The lowest BCUT2D eigenvalue weighted by Crippen LogP contribution is -2.38. The summed E-state index contributed by atoms with van der Waals surface area (Å²) < 4.78 is 5.09. The third-order valence-corrected chi connectivity index (χ3v) is 3.74. The zero-order valence-electron chi connectivity index (χ0n) is 15.6. The van der Waals surface area contributed by atoms with Crippen LogP contribution in [0.4, 0.5) is 0 Å². The highest BCUT2D eigenvalue weighted by molar-refractivity contribution is 5.93. The van der Waals surface area contributed by atoms with Crippen LogP contribution < -0.4 is 10.6 Å². The number of amides is 2. The first-order valence-corrected chi connectivity index (χ1v) is 8.60. The molecule has 0 fully saturated rings. The Labute approximate surface area is 149 Å². The largest absolute Gasteiger partial charge is 0.452 e. The van der Waals surface area contributed by atoms with Crippen LogP contribution in [0.15, 0.2) is 18.2 Å². The molecular formula is C19H28N2O4. The lowest BCUT2D eigenvalue weighted by molar-refractivity contribution is -0.127. The molecule has 2 N–H and O–H groups in total. The van der Waals surface area contributed by atoms with E-state index in [0.717, 1.165) is 11.1 Å². The van der Waals surface area contributed by atoms with Crippen molar-refractivity contribution in [2.45, 2.75) is 46.5 Å². The van der Waals surface area contributed by atoms with E-state index in [1.54, 1.807) is 13.0 Å². The summed E-state index contributed by atoms with van der Waals surface area (Å²) in [6, 6.07) is 5.67. The van der Waals surface area contributed by atoms with Crippen LogP contribution in [0.3, 0.4) is 0 Å². The lowest BCUT2D eigenvalue weighted by Gasteiger charge is -2.15. The summed E-state index contributed by atoms with van der Waals surface area (Å²) in [4.78, 5) is 35.3. The second-order valence-electron chi connectivity index (χ2n) is 6.46. The third kappa shape index (κ3) is 6.57. The van der Waals surface area contributed by atoms with Gasteiger partial charge in [-0.1, -0.05) is 39.8 Å². The number of hydrogen-bond donors (Lipinski definition) is 2. The molecule has 25 heavy (non-hydrogen) atoms. The zero-order valence-corrected chi connectivity index (χ0v) is 15.6. The monoisotopic (exact) mass is 348 g/mol. The molecule has 0 aromatic heterocycles. The van der Waals surface area contributed by atoms with Gasteiger partial charge in [-0.25, -0.2) is 4.79 Å². The molecule has 2 amide bonds. The quantitative estimate of drug-likeness (QED) is 0.706. The van der Waals surface area contributed by atoms with Gasteiger partial charge in [-0.05, 0) is 36.0 Å². The molecule has 0 radical (unpaired) electrons. The van der Waals surface area contributed by atoms with Crippen LogP contribution in [0.2, 0.25) is 0 Å². The molecule has 0 aliphatic carbocycles. The molecule has 0 spiro atoms. The molecule has 0 aliphatic heterocycles. The SMILES string of the molecule is CCNC(=O)CNC(=O)COC(=O)c1ccc(C(C)C)cc1C(C)C. The standard InChI is InChI=1S/C19H28N2O4/c1-6-20-17(22)10-21-18(23)11-25-19(24)15-8-7-14(12(2)3)9-16(15)13(4)5/h7-9,12-13H,6,10-11H2,1-5H3,(H,20,22)(H,21,23). The van der Waals surface area contributed by atoms with E-state index >= 15 is 0 Å². The van der Waals surface area contributed by atoms with Crippen molar-refractivity contribution >= 4 is 17.8 Å². The molecule has 0 aliphatic rings. The normalized spacial score (nSPS) is 10.7. The maximum Gasteiger partial charge on any atom is 0.338 e. The van der Waals surface area contributed by atoms with Gasteiger partial charge in [0, 0.05) is 6.54 Å². The number of carbonyl (C=O) groups excluding carboxylic acids is 3. The van der Waals surface area contributed by atoms with Crippen LogP contribution in [-0.2, 0) is 14.3 Å². The van der Waals surface area contributed by atoms with Crippen molar-refractivity contribution in [2.75, 3.05) is 19.7 Å². The summed E-state index contributed by atoms with van der Waals surface area (Å²) in [7, 11) is 0. The Bertz CT molecular complexity index is 624. The average Bonchev–Trinajstić information content (AvgIpc) is 2.57. The summed E-state index contributed by atoms with van der Waals surface area (Å²) in [5, 5.41) is 4.97. The molecule has 138 valence electrons. The van der Waals surface area contributed by atoms with Gasteiger partial charge in [0.2, 0.25) is 5.91 Å². The van der Waals surface area contributed by atoms with Gasteiger partial charge in [0.1, 0.15) is 0 Å². The number of hydrogen-bond acceptors (Lipinski definition) is 4. The highest BCUT2D eigenvalue weighted by atomic mass is 16.5. The topological polar surface area (TPSA) is 84.5 Å². The molecular weight excluding hydrogens is 320 g/mol. The molecule has 0 bridgehead atoms. The molecule has 1 aromatic rings. The maximum atomic E-state index is 12.3. The number of ether oxygens (including phenoxy) is 1. The molecule has 6 nitrogen and oxygen atoms in total.